The molecule has 7 nitrogen and oxygen atoms in total. The van der Waals surface area contributed by atoms with Crippen molar-refractivity contribution in [3.8, 4) is 0 Å². The number of hydrogen-bond acceptors (Lipinski definition) is 4. The normalized spacial score (nSPS) is 18.2. The van der Waals surface area contributed by atoms with Crippen molar-refractivity contribution in [2.24, 2.45) is 16.3 Å². The number of piperidine rings is 1. The van der Waals surface area contributed by atoms with Crippen LogP contribution in [0.4, 0.5) is 0 Å². The van der Waals surface area contributed by atoms with E-state index in [-0.39, 0.29) is 11.5 Å². The van der Waals surface area contributed by atoms with E-state index in [2.05, 4.69) is 31.4 Å². The second-order valence-corrected chi connectivity index (χ2v) is 10.8. The lowest BCUT2D eigenvalue weighted by Crippen LogP contribution is -2.44. The molecule has 1 aromatic rings. The number of methoxy groups -OCH3 is 1. The van der Waals surface area contributed by atoms with Gasteiger partial charge in [-0.2, -0.15) is 4.31 Å². The van der Waals surface area contributed by atoms with Crippen molar-refractivity contribution in [2.45, 2.75) is 51.5 Å². The molecule has 0 aliphatic carbocycles. The summed E-state index contributed by atoms with van der Waals surface area (Å²) in [5, 5.41) is 6.71. The molecule has 1 unspecified atom stereocenters. The molecule has 0 bridgehead atoms. The Morgan fingerprint density at radius 3 is 2.37 bits per heavy atom. The van der Waals surface area contributed by atoms with Gasteiger partial charge in [-0.15, -0.1) is 0 Å². The van der Waals surface area contributed by atoms with Gasteiger partial charge in [-0.05, 0) is 43.2 Å². The monoisotopic (exact) mass is 438 g/mol. The number of nitrogens with zero attached hydrogens (tertiary/aromatic N) is 2. The van der Waals surface area contributed by atoms with Crippen molar-refractivity contribution in [2.75, 3.05) is 39.8 Å². The summed E-state index contributed by atoms with van der Waals surface area (Å²) < 4.78 is 32.7. The highest BCUT2D eigenvalue weighted by Gasteiger charge is 2.29. The van der Waals surface area contributed by atoms with Crippen LogP contribution in [0.2, 0.25) is 0 Å². The molecule has 0 aromatic heterocycles. The number of rotatable bonds is 8. The second-order valence-electron chi connectivity index (χ2n) is 8.85. The van der Waals surface area contributed by atoms with Crippen LogP contribution < -0.4 is 10.6 Å². The highest BCUT2D eigenvalue weighted by molar-refractivity contribution is 7.89. The van der Waals surface area contributed by atoms with Gasteiger partial charge in [0.25, 0.3) is 0 Å². The molecule has 1 heterocycles. The van der Waals surface area contributed by atoms with Gasteiger partial charge in [-0.25, -0.2) is 8.42 Å². The molecule has 30 heavy (non-hydrogen) atoms. The maximum atomic E-state index is 12.8. The van der Waals surface area contributed by atoms with Crippen molar-refractivity contribution >= 4 is 16.0 Å². The van der Waals surface area contributed by atoms with Crippen LogP contribution in [0.25, 0.3) is 0 Å². The van der Waals surface area contributed by atoms with Crippen LogP contribution in [-0.4, -0.2) is 64.6 Å². The molecule has 0 saturated carbocycles. The number of benzene rings is 1. The Morgan fingerprint density at radius 2 is 1.83 bits per heavy atom. The summed E-state index contributed by atoms with van der Waals surface area (Å²) in [5.74, 6) is 1.19. The van der Waals surface area contributed by atoms with E-state index < -0.39 is 10.0 Å². The molecule has 170 valence electrons. The van der Waals surface area contributed by atoms with Crippen LogP contribution in [0, 0.1) is 11.3 Å². The van der Waals surface area contributed by atoms with Gasteiger partial charge >= 0.3 is 0 Å². The molecule has 1 aliphatic rings. The SMILES string of the molecule is CCNC(=NCC(OC)C(C)(C)C)NCC1CCN(S(=O)(=O)c2ccccc2)CC1. The smallest absolute Gasteiger partial charge is 0.243 e. The Labute approximate surface area is 182 Å². The Kier molecular flexibility index (Phi) is 9.12. The lowest BCUT2D eigenvalue weighted by Gasteiger charge is -2.31. The topological polar surface area (TPSA) is 83.0 Å². The zero-order chi connectivity index (χ0) is 22.2. The molecule has 0 amide bonds. The van der Waals surface area contributed by atoms with Gasteiger partial charge in [0.2, 0.25) is 10.0 Å². The van der Waals surface area contributed by atoms with E-state index in [0.29, 0.717) is 30.4 Å². The fraction of sp³-hybridized carbons (Fsp3) is 0.682. The first kappa shape index (κ1) is 24.6. The first-order valence-corrected chi connectivity index (χ1v) is 12.2. The summed E-state index contributed by atoms with van der Waals surface area (Å²) in [4.78, 5) is 5.06. The van der Waals surface area contributed by atoms with E-state index in [4.69, 9.17) is 9.73 Å². The average Bonchev–Trinajstić information content (AvgIpc) is 2.72. The van der Waals surface area contributed by atoms with Gasteiger partial charge < -0.3 is 15.4 Å². The van der Waals surface area contributed by atoms with Crippen molar-refractivity contribution in [1.82, 2.24) is 14.9 Å². The number of guanidine groups is 1. The van der Waals surface area contributed by atoms with Crippen LogP contribution in [0.3, 0.4) is 0 Å². The lowest BCUT2D eigenvalue weighted by atomic mass is 9.89. The molecule has 1 atom stereocenters. The molecule has 0 radical (unpaired) electrons. The van der Waals surface area contributed by atoms with Crippen LogP contribution >= 0.6 is 0 Å². The zero-order valence-corrected chi connectivity index (χ0v) is 19.8. The van der Waals surface area contributed by atoms with E-state index in [1.807, 2.05) is 13.0 Å². The Bertz CT molecular complexity index is 767. The van der Waals surface area contributed by atoms with Crippen molar-refractivity contribution < 1.29 is 13.2 Å². The summed E-state index contributed by atoms with van der Waals surface area (Å²) in [5.41, 5.74) is 0.0205. The number of hydrogen-bond donors (Lipinski definition) is 2. The van der Waals surface area contributed by atoms with E-state index in [1.165, 1.54) is 0 Å². The van der Waals surface area contributed by atoms with Crippen LogP contribution in [-0.2, 0) is 14.8 Å². The quantitative estimate of drug-likeness (QED) is 0.482. The third-order valence-electron chi connectivity index (χ3n) is 5.52. The minimum atomic E-state index is -3.40. The van der Waals surface area contributed by atoms with E-state index >= 15 is 0 Å². The molecule has 2 N–H and O–H groups in total. The van der Waals surface area contributed by atoms with Crippen LogP contribution in [0.1, 0.15) is 40.5 Å². The minimum absolute atomic E-state index is 0.0205. The fourth-order valence-corrected chi connectivity index (χ4v) is 5.04. The number of aliphatic imine (C=N–C) groups is 1. The maximum Gasteiger partial charge on any atom is 0.243 e. The van der Waals surface area contributed by atoms with Crippen molar-refractivity contribution in [3.05, 3.63) is 30.3 Å². The molecule has 2 rings (SSSR count). The standard InChI is InChI=1S/C22H38N4O3S/c1-6-23-21(25-17-20(29-5)22(2,3)4)24-16-18-12-14-26(15-13-18)30(27,28)19-10-8-7-9-11-19/h7-11,18,20H,6,12-17H2,1-5H3,(H2,23,24,25). The van der Waals surface area contributed by atoms with Crippen LogP contribution in [0.15, 0.2) is 40.2 Å². The maximum absolute atomic E-state index is 12.8. The molecule has 1 aliphatic heterocycles. The summed E-state index contributed by atoms with van der Waals surface area (Å²) in [7, 11) is -1.67. The van der Waals surface area contributed by atoms with E-state index in [0.717, 1.165) is 31.9 Å². The van der Waals surface area contributed by atoms with Gasteiger partial charge in [0.15, 0.2) is 5.96 Å². The van der Waals surface area contributed by atoms with Gasteiger partial charge in [-0.1, -0.05) is 39.0 Å². The molecular weight excluding hydrogens is 400 g/mol. The predicted octanol–water partition coefficient (Wildman–Crippen LogP) is 2.70. The highest BCUT2D eigenvalue weighted by Crippen LogP contribution is 2.24. The summed E-state index contributed by atoms with van der Waals surface area (Å²) in [6.45, 7) is 11.7. The average molecular weight is 439 g/mol. The molecule has 0 spiro atoms. The fourth-order valence-electron chi connectivity index (χ4n) is 3.55. The molecule has 1 fully saturated rings. The first-order valence-electron chi connectivity index (χ1n) is 10.8. The minimum Gasteiger partial charge on any atom is -0.379 e. The third-order valence-corrected chi connectivity index (χ3v) is 7.44. The van der Waals surface area contributed by atoms with Crippen molar-refractivity contribution in [3.63, 3.8) is 0 Å². The number of nitrogens with one attached hydrogen (secondary N) is 2. The van der Waals surface area contributed by atoms with Gasteiger partial charge in [0, 0.05) is 33.3 Å². The Morgan fingerprint density at radius 1 is 1.20 bits per heavy atom. The molecule has 1 saturated heterocycles. The summed E-state index contributed by atoms with van der Waals surface area (Å²) in [6, 6.07) is 8.68. The summed E-state index contributed by atoms with van der Waals surface area (Å²) >= 11 is 0. The van der Waals surface area contributed by atoms with Crippen molar-refractivity contribution in [1.29, 1.82) is 0 Å². The lowest BCUT2D eigenvalue weighted by molar-refractivity contribution is 0.0241. The van der Waals surface area contributed by atoms with Crippen LogP contribution in [0.5, 0.6) is 0 Å². The van der Waals surface area contributed by atoms with E-state index in [1.54, 1.807) is 35.7 Å². The molecule has 8 heteroatoms. The number of ether oxygens (including phenoxy) is 1. The third kappa shape index (κ3) is 6.96. The summed E-state index contributed by atoms with van der Waals surface area (Å²) in [6.07, 6.45) is 1.71. The Balaban J connectivity index is 1.88. The Hall–Kier alpha value is -1.64. The second kappa shape index (κ2) is 11.1. The van der Waals surface area contributed by atoms with Gasteiger partial charge in [0.05, 0.1) is 17.5 Å². The van der Waals surface area contributed by atoms with E-state index in [9.17, 15) is 8.42 Å². The zero-order valence-electron chi connectivity index (χ0n) is 19.0. The number of sulfonamides is 1. The largest absolute Gasteiger partial charge is 0.379 e. The first-order chi connectivity index (χ1) is 14.2. The van der Waals surface area contributed by atoms with Gasteiger partial charge in [0.1, 0.15) is 0 Å². The van der Waals surface area contributed by atoms with Gasteiger partial charge in [-0.3, -0.25) is 4.99 Å². The predicted molar refractivity (Wildman–Crippen MR) is 122 cm³/mol. The molecular formula is C22H38N4O3S. The highest BCUT2D eigenvalue weighted by atomic mass is 32.2. The molecule has 1 aromatic carbocycles.